The van der Waals surface area contributed by atoms with Crippen LogP contribution in [0.1, 0.15) is 24.6 Å². The van der Waals surface area contributed by atoms with E-state index in [0.717, 1.165) is 0 Å². The number of sulfonamides is 1. The van der Waals surface area contributed by atoms with Gasteiger partial charge in [-0.2, -0.15) is 22.5 Å². The fraction of sp³-hybridized carbons (Fsp3) is 0.769. The molecule has 1 fully saturated rings. The van der Waals surface area contributed by atoms with E-state index >= 15 is 0 Å². The lowest BCUT2D eigenvalue weighted by Gasteiger charge is -2.31. The molecule has 0 bridgehead atoms. The van der Waals surface area contributed by atoms with Gasteiger partial charge in [-0.1, -0.05) is 5.16 Å². The summed E-state index contributed by atoms with van der Waals surface area (Å²) in [5.74, 6) is 1.44. The van der Waals surface area contributed by atoms with Gasteiger partial charge in [-0.15, -0.1) is 24.0 Å². The molecule has 9 nitrogen and oxygen atoms in total. The minimum Gasteiger partial charge on any atom is -0.356 e. The van der Waals surface area contributed by atoms with E-state index < -0.39 is 15.5 Å². The van der Waals surface area contributed by atoms with Crippen LogP contribution in [0.3, 0.4) is 0 Å². The standard InChI is InChI=1S/C13H21F3N6O3S.HI/c1-9-20-11(21-25-9)8-19-12(17-2)18-7-10-3-5-22(6-4-10)26(23,24)13(14,15)16;/h10H,3-8H2,1-2H3,(H2,17,18,19);1H. The molecule has 0 atom stereocenters. The maximum Gasteiger partial charge on any atom is 0.511 e. The SMILES string of the molecule is CN=C(NCc1noc(C)n1)NCC1CCN(S(=O)(=O)C(F)(F)F)CC1.I. The van der Waals surface area contributed by atoms with Crippen LogP contribution in [0.25, 0.3) is 0 Å². The van der Waals surface area contributed by atoms with Gasteiger partial charge in [0.25, 0.3) is 0 Å². The molecule has 156 valence electrons. The van der Waals surface area contributed by atoms with Crippen molar-refractivity contribution in [1.29, 1.82) is 0 Å². The summed E-state index contributed by atoms with van der Waals surface area (Å²) >= 11 is 0. The lowest BCUT2D eigenvalue weighted by Crippen LogP contribution is -2.47. The minimum absolute atomic E-state index is 0. The predicted molar refractivity (Wildman–Crippen MR) is 102 cm³/mol. The third-order valence-corrected chi connectivity index (χ3v) is 5.60. The van der Waals surface area contributed by atoms with Crippen LogP contribution in [-0.4, -0.2) is 61.0 Å². The van der Waals surface area contributed by atoms with Gasteiger partial charge in [-0.05, 0) is 18.8 Å². The molecule has 1 saturated heterocycles. The molecule has 0 amide bonds. The average Bonchev–Trinajstić information content (AvgIpc) is 3.00. The van der Waals surface area contributed by atoms with Gasteiger partial charge >= 0.3 is 15.5 Å². The van der Waals surface area contributed by atoms with E-state index in [4.69, 9.17) is 4.52 Å². The Morgan fingerprint density at radius 1 is 1.33 bits per heavy atom. The third-order valence-electron chi connectivity index (χ3n) is 3.97. The van der Waals surface area contributed by atoms with Crippen LogP contribution < -0.4 is 10.6 Å². The number of guanidine groups is 1. The van der Waals surface area contributed by atoms with Crippen molar-refractivity contribution in [2.75, 3.05) is 26.7 Å². The normalized spacial score (nSPS) is 17.4. The maximum absolute atomic E-state index is 12.6. The minimum atomic E-state index is -5.25. The summed E-state index contributed by atoms with van der Waals surface area (Å²) in [7, 11) is -3.66. The van der Waals surface area contributed by atoms with Crippen molar-refractivity contribution in [3.05, 3.63) is 11.7 Å². The molecule has 1 aromatic heterocycles. The monoisotopic (exact) mass is 526 g/mol. The van der Waals surface area contributed by atoms with E-state index in [1.165, 1.54) is 0 Å². The summed E-state index contributed by atoms with van der Waals surface area (Å²) in [6, 6.07) is 0. The number of aliphatic imine (C=N–C) groups is 1. The molecule has 1 aliphatic heterocycles. The zero-order valence-corrected chi connectivity index (χ0v) is 17.9. The summed E-state index contributed by atoms with van der Waals surface area (Å²) < 4.78 is 65.8. The van der Waals surface area contributed by atoms with E-state index in [0.29, 0.717) is 47.9 Å². The van der Waals surface area contributed by atoms with Crippen molar-refractivity contribution in [2.24, 2.45) is 10.9 Å². The third kappa shape index (κ3) is 6.44. The Balaban J connectivity index is 0.00000364. The molecule has 0 saturated carbocycles. The van der Waals surface area contributed by atoms with Crippen molar-refractivity contribution in [2.45, 2.75) is 31.8 Å². The molecule has 1 aromatic rings. The Labute approximate surface area is 172 Å². The number of aromatic nitrogens is 2. The molecule has 2 rings (SSSR count). The lowest BCUT2D eigenvalue weighted by atomic mass is 9.98. The van der Waals surface area contributed by atoms with Crippen LogP contribution in [0.4, 0.5) is 13.2 Å². The Hall–Kier alpha value is -1.16. The van der Waals surface area contributed by atoms with Crippen molar-refractivity contribution >= 4 is 40.0 Å². The topological polar surface area (TPSA) is 113 Å². The number of piperidine rings is 1. The lowest BCUT2D eigenvalue weighted by molar-refractivity contribution is -0.0496. The average molecular weight is 526 g/mol. The number of halogens is 4. The molecule has 0 aliphatic carbocycles. The van der Waals surface area contributed by atoms with Crippen molar-refractivity contribution in [3.63, 3.8) is 0 Å². The molecular formula is C13H22F3IN6O3S. The van der Waals surface area contributed by atoms with E-state index in [-0.39, 0.29) is 43.0 Å². The highest BCUT2D eigenvalue weighted by molar-refractivity contribution is 14.0. The number of nitrogens with zero attached hydrogens (tertiary/aromatic N) is 4. The summed E-state index contributed by atoms with van der Waals surface area (Å²) in [5.41, 5.74) is -5.25. The molecule has 14 heteroatoms. The van der Waals surface area contributed by atoms with Crippen LogP contribution in [0, 0.1) is 12.8 Å². The van der Waals surface area contributed by atoms with E-state index in [1.54, 1.807) is 14.0 Å². The first kappa shape index (κ1) is 23.9. The molecule has 0 spiro atoms. The van der Waals surface area contributed by atoms with Crippen LogP contribution >= 0.6 is 24.0 Å². The van der Waals surface area contributed by atoms with Gasteiger partial charge in [-0.3, -0.25) is 4.99 Å². The van der Waals surface area contributed by atoms with Gasteiger partial charge in [0.2, 0.25) is 5.89 Å². The molecule has 0 aromatic carbocycles. The number of hydrogen-bond acceptors (Lipinski definition) is 6. The van der Waals surface area contributed by atoms with Gasteiger partial charge in [0, 0.05) is 33.6 Å². The zero-order valence-electron chi connectivity index (χ0n) is 14.8. The molecule has 27 heavy (non-hydrogen) atoms. The van der Waals surface area contributed by atoms with E-state index in [9.17, 15) is 21.6 Å². The van der Waals surface area contributed by atoms with Crippen LogP contribution in [-0.2, 0) is 16.6 Å². The summed E-state index contributed by atoms with van der Waals surface area (Å²) in [6.07, 6.45) is 0.673. The molecule has 0 unspecified atom stereocenters. The second-order valence-electron chi connectivity index (χ2n) is 5.83. The largest absolute Gasteiger partial charge is 0.511 e. The van der Waals surface area contributed by atoms with Crippen LogP contribution in [0.5, 0.6) is 0 Å². The first-order chi connectivity index (χ1) is 12.1. The van der Waals surface area contributed by atoms with Crippen molar-refractivity contribution in [1.82, 2.24) is 25.1 Å². The van der Waals surface area contributed by atoms with E-state index in [1.807, 2.05) is 0 Å². The van der Waals surface area contributed by atoms with Crippen molar-refractivity contribution < 1.29 is 26.1 Å². The summed E-state index contributed by atoms with van der Waals surface area (Å²) in [4.78, 5) is 8.07. The fourth-order valence-corrected chi connectivity index (χ4v) is 3.52. The highest BCUT2D eigenvalue weighted by Gasteiger charge is 2.50. The first-order valence-corrected chi connectivity index (χ1v) is 9.37. The molecule has 1 aliphatic rings. The number of nitrogens with one attached hydrogen (secondary N) is 2. The fourth-order valence-electron chi connectivity index (χ4n) is 2.54. The van der Waals surface area contributed by atoms with E-state index in [2.05, 4.69) is 25.8 Å². The second-order valence-corrected chi connectivity index (χ2v) is 7.76. The molecule has 2 N–H and O–H groups in total. The van der Waals surface area contributed by atoms with Gasteiger partial charge in [-0.25, -0.2) is 8.42 Å². The second kappa shape index (κ2) is 9.86. The quantitative estimate of drug-likeness (QED) is 0.337. The predicted octanol–water partition coefficient (Wildman–Crippen LogP) is 1.22. The number of aryl methyl sites for hydroxylation is 1. The Bertz CT molecular complexity index is 732. The Kier molecular flexibility index (Phi) is 8.72. The molecular weight excluding hydrogens is 504 g/mol. The summed E-state index contributed by atoms with van der Waals surface area (Å²) in [5, 5.41) is 9.79. The number of rotatable bonds is 5. The van der Waals surface area contributed by atoms with Crippen molar-refractivity contribution in [3.8, 4) is 0 Å². The van der Waals surface area contributed by atoms with Crippen LogP contribution in [0.2, 0.25) is 0 Å². The highest BCUT2D eigenvalue weighted by atomic mass is 127. The zero-order chi connectivity index (χ0) is 19.4. The molecule has 0 radical (unpaired) electrons. The summed E-state index contributed by atoms with van der Waals surface area (Å²) in [6.45, 7) is 2.14. The number of hydrogen-bond donors (Lipinski definition) is 2. The Morgan fingerprint density at radius 2 is 1.96 bits per heavy atom. The first-order valence-electron chi connectivity index (χ1n) is 7.93. The van der Waals surface area contributed by atoms with Gasteiger partial charge < -0.3 is 15.2 Å². The van der Waals surface area contributed by atoms with Crippen LogP contribution in [0.15, 0.2) is 9.52 Å². The highest BCUT2D eigenvalue weighted by Crippen LogP contribution is 2.30. The Morgan fingerprint density at radius 3 is 2.44 bits per heavy atom. The maximum atomic E-state index is 12.6. The van der Waals surface area contributed by atoms with Gasteiger partial charge in [0.05, 0.1) is 6.54 Å². The molecule has 2 heterocycles. The van der Waals surface area contributed by atoms with Gasteiger partial charge in [0.1, 0.15) is 0 Å². The smallest absolute Gasteiger partial charge is 0.356 e. The number of alkyl halides is 3. The van der Waals surface area contributed by atoms with Gasteiger partial charge in [0.15, 0.2) is 11.8 Å².